The van der Waals surface area contributed by atoms with Crippen LogP contribution in [0.2, 0.25) is 0 Å². The fraction of sp³-hybridized carbons (Fsp3) is 0.400. The maximum atomic E-state index is 12.9. The molecule has 1 unspecified atom stereocenters. The second-order valence-corrected chi connectivity index (χ2v) is 9.13. The minimum absolute atomic E-state index is 0.000590. The van der Waals surface area contributed by atoms with Crippen LogP contribution in [-0.2, 0) is 10.0 Å². The van der Waals surface area contributed by atoms with Crippen LogP contribution in [0.25, 0.3) is 0 Å². The Labute approximate surface area is 166 Å². The maximum absolute atomic E-state index is 12.9. The van der Waals surface area contributed by atoms with Gasteiger partial charge in [0.2, 0.25) is 10.0 Å². The quantitative estimate of drug-likeness (QED) is 0.831. The SMILES string of the molecule is CC1CCCCN1S(=O)(=O)c1ccc(C(=O)Nc2ccc(N(C)C)nc2)cc1. The van der Waals surface area contributed by atoms with Crippen molar-refractivity contribution in [2.45, 2.75) is 37.1 Å². The highest BCUT2D eigenvalue weighted by Crippen LogP contribution is 2.25. The van der Waals surface area contributed by atoms with Gasteiger partial charge in [0.15, 0.2) is 0 Å². The first kappa shape index (κ1) is 20.3. The average molecular weight is 403 g/mol. The summed E-state index contributed by atoms with van der Waals surface area (Å²) in [4.78, 5) is 18.8. The van der Waals surface area contributed by atoms with Gasteiger partial charge in [-0.05, 0) is 56.2 Å². The molecule has 2 aromatic rings. The summed E-state index contributed by atoms with van der Waals surface area (Å²) in [5.41, 5.74) is 0.969. The lowest BCUT2D eigenvalue weighted by Crippen LogP contribution is -2.41. The highest BCUT2D eigenvalue weighted by Gasteiger charge is 2.30. The number of pyridine rings is 1. The van der Waals surface area contributed by atoms with E-state index in [9.17, 15) is 13.2 Å². The molecule has 1 aliphatic heterocycles. The van der Waals surface area contributed by atoms with Gasteiger partial charge in [-0.3, -0.25) is 4.79 Å². The van der Waals surface area contributed by atoms with Crippen LogP contribution in [0, 0.1) is 0 Å². The van der Waals surface area contributed by atoms with E-state index in [1.165, 1.54) is 12.1 Å². The number of carbonyl (C=O) groups excluding carboxylic acids is 1. The number of nitrogens with zero attached hydrogens (tertiary/aromatic N) is 3. The largest absolute Gasteiger partial charge is 0.363 e. The van der Waals surface area contributed by atoms with E-state index >= 15 is 0 Å². The summed E-state index contributed by atoms with van der Waals surface area (Å²) in [5.74, 6) is 0.481. The Morgan fingerprint density at radius 1 is 1.14 bits per heavy atom. The van der Waals surface area contributed by atoms with Gasteiger partial charge >= 0.3 is 0 Å². The fourth-order valence-corrected chi connectivity index (χ4v) is 4.97. The van der Waals surface area contributed by atoms with E-state index in [-0.39, 0.29) is 16.8 Å². The minimum atomic E-state index is -3.54. The minimum Gasteiger partial charge on any atom is -0.363 e. The summed E-state index contributed by atoms with van der Waals surface area (Å²) in [7, 11) is 0.241. The number of hydrogen-bond acceptors (Lipinski definition) is 5. The molecule has 150 valence electrons. The first-order valence-electron chi connectivity index (χ1n) is 9.35. The summed E-state index contributed by atoms with van der Waals surface area (Å²) in [5, 5.41) is 2.77. The molecular formula is C20H26N4O3S. The van der Waals surface area contributed by atoms with Crippen molar-refractivity contribution in [2.75, 3.05) is 30.9 Å². The number of piperidine rings is 1. The van der Waals surface area contributed by atoms with Gasteiger partial charge in [0, 0.05) is 32.2 Å². The molecule has 1 N–H and O–H groups in total. The van der Waals surface area contributed by atoms with Crippen molar-refractivity contribution in [3.8, 4) is 0 Å². The van der Waals surface area contributed by atoms with Gasteiger partial charge in [-0.2, -0.15) is 4.31 Å². The molecule has 1 aromatic heterocycles. The summed E-state index contributed by atoms with van der Waals surface area (Å²) >= 11 is 0. The van der Waals surface area contributed by atoms with Crippen LogP contribution in [-0.4, -0.2) is 50.3 Å². The standard InChI is InChI=1S/C20H26N4O3S/c1-15-6-4-5-13-24(15)28(26,27)18-10-7-16(8-11-18)20(25)22-17-9-12-19(21-14-17)23(2)3/h7-12,14-15H,4-6,13H2,1-3H3,(H,22,25). The normalized spacial score (nSPS) is 17.9. The highest BCUT2D eigenvalue weighted by atomic mass is 32.2. The molecule has 1 amide bonds. The summed E-state index contributed by atoms with van der Waals surface area (Å²) in [6.07, 6.45) is 4.39. The first-order chi connectivity index (χ1) is 13.3. The van der Waals surface area contributed by atoms with Crippen LogP contribution in [0.15, 0.2) is 47.5 Å². The smallest absolute Gasteiger partial charge is 0.255 e. The van der Waals surface area contributed by atoms with E-state index < -0.39 is 10.0 Å². The number of hydrogen-bond donors (Lipinski definition) is 1. The van der Waals surface area contributed by atoms with Gasteiger partial charge in [-0.15, -0.1) is 0 Å². The molecular weight excluding hydrogens is 376 g/mol. The van der Waals surface area contributed by atoms with Gasteiger partial charge in [0.05, 0.1) is 16.8 Å². The Morgan fingerprint density at radius 2 is 1.86 bits per heavy atom. The Bertz CT molecular complexity index is 925. The van der Waals surface area contributed by atoms with Crippen molar-refractivity contribution in [3.63, 3.8) is 0 Å². The van der Waals surface area contributed by atoms with Crippen LogP contribution < -0.4 is 10.2 Å². The molecule has 7 nitrogen and oxygen atoms in total. The van der Waals surface area contributed by atoms with Gasteiger partial charge in [0.25, 0.3) is 5.91 Å². The second-order valence-electron chi connectivity index (χ2n) is 7.24. The molecule has 1 aliphatic rings. The third kappa shape index (κ3) is 4.34. The molecule has 0 aliphatic carbocycles. The van der Waals surface area contributed by atoms with Crippen LogP contribution in [0.1, 0.15) is 36.5 Å². The lowest BCUT2D eigenvalue weighted by Gasteiger charge is -2.32. The average Bonchev–Trinajstić information content (AvgIpc) is 2.68. The summed E-state index contributed by atoms with van der Waals surface area (Å²) in [6, 6.07) is 9.66. The fourth-order valence-electron chi connectivity index (χ4n) is 3.27. The molecule has 1 aromatic carbocycles. The van der Waals surface area contributed by atoms with Gasteiger partial charge in [-0.25, -0.2) is 13.4 Å². The second kappa shape index (κ2) is 8.28. The molecule has 0 spiro atoms. The zero-order valence-corrected chi connectivity index (χ0v) is 17.2. The monoisotopic (exact) mass is 402 g/mol. The first-order valence-corrected chi connectivity index (χ1v) is 10.8. The maximum Gasteiger partial charge on any atom is 0.255 e. The number of amides is 1. The molecule has 28 heavy (non-hydrogen) atoms. The van der Waals surface area contributed by atoms with Crippen LogP contribution in [0.5, 0.6) is 0 Å². The van der Waals surface area contributed by atoms with Crippen molar-refractivity contribution < 1.29 is 13.2 Å². The molecule has 1 atom stereocenters. The Morgan fingerprint density at radius 3 is 2.43 bits per heavy atom. The number of carbonyl (C=O) groups is 1. The molecule has 2 heterocycles. The Hall–Kier alpha value is -2.45. The topological polar surface area (TPSA) is 82.6 Å². The van der Waals surface area contributed by atoms with Gasteiger partial charge in [0.1, 0.15) is 5.82 Å². The molecule has 0 saturated carbocycles. The molecule has 8 heteroatoms. The number of nitrogens with one attached hydrogen (secondary N) is 1. The Balaban J connectivity index is 1.72. The van der Waals surface area contributed by atoms with E-state index in [0.29, 0.717) is 17.8 Å². The zero-order valence-electron chi connectivity index (χ0n) is 16.4. The van der Waals surface area contributed by atoms with E-state index in [0.717, 1.165) is 25.1 Å². The molecule has 0 bridgehead atoms. The van der Waals surface area contributed by atoms with E-state index in [1.54, 1.807) is 28.7 Å². The van der Waals surface area contributed by atoms with Gasteiger partial charge in [-0.1, -0.05) is 6.42 Å². The molecule has 0 radical (unpaired) electrons. The van der Waals surface area contributed by atoms with Crippen LogP contribution in [0.3, 0.4) is 0 Å². The van der Waals surface area contributed by atoms with Crippen molar-refractivity contribution in [2.24, 2.45) is 0 Å². The number of anilines is 2. The molecule has 1 saturated heterocycles. The third-order valence-electron chi connectivity index (χ3n) is 4.93. The number of aromatic nitrogens is 1. The zero-order chi connectivity index (χ0) is 20.3. The lowest BCUT2D eigenvalue weighted by atomic mass is 10.1. The third-order valence-corrected chi connectivity index (χ3v) is 6.96. The molecule has 3 rings (SSSR count). The van der Waals surface area contributed by atoms with Crippen LogP contribution in [0.4, 0.5) is 11.5 Å². The van der Waals surface area contributed by atoms with Crippen molar-refractivity contribution >= 4 is 27.4 Å². The van der Waals surface area contributed by atoms with Crippen molar-refractivity contribution in [3.05, 3.63) is 48.2 Å². The summed E-state index contributed by atoms with van der Waals surface area (Å²) in [6.45, 7) is 2.48. The number of sulfonamides is 1. The predicted octanol–water partition coefficient (Wildman–Crippen LogP) is 2.96. The van der Waals surface area contributed by atoms with Crippen molar-refractivity contribution in [1.82, 2.24) is 9.29 Å². The highest BCUT2D eigenvalue weighted by molar-refractivity contribution is 7.89. The molecule has 1 fully saturated rings. The number of benzene rings is 1. The van der Waals surface area contributed by atoms with E-state index in [4.69, 9.17) is 0 Å². The van der Waals surface area contributed by atoms with E-state index in [2.05, 4.69) is 10.3 Å². The Kier molecular flexibility index (Phi) is 6.00. The predicted molar refractivity (Wildman–Crippen MR) is 110 cm³/mol. The van der Waals surface area contributed by atoms with Gasteiger partial charge < -0.3 is 10.2 Å². The van der Waals surface area contributed by atoms with Crippen molar-refractivity contribution in [1.29, 1.82) is 0 Å². The lowest BCUT2D eigenvalue weighted by molar-refractivity contribution is 0.102. The van der Waals surface area contributed by atoms with Crippen LogP contribution >= 0.6 is 0 Å². The number of rotatable bonds is 5. The summed E-state index contributed by atoms with van der Waals surface area (Å²) < 4.78 is 27.3. The van der Waals surface area contributed by atoms with E-state index in [1.807, 2.05) is 32.0 Å².